The van der Waals surface area contributed by atoms with Crippen molar-refractivity contribution >= 4 is 40.8 Å². The zero-order chi connectivity index (χ0) is 22.5. The maximum absolute atomic E-state index is 15.9. The molecule has 2 aromatic rings. The van der Waals surface area contributed by atoms with Gasteiger partial charge in [-0.2, -0.15) is 0 Å². The fourth-order valence-corrected chi connectivity index (χ4v) is 5.32. The number of allylic oxidation sites excluding steroid dienone is 4. The summed E-state index contributed by atoms with van der Waals surface area (Å²) in [6.07, 6.45) is 8.24. The largest absolute Gasteiger partial charge is 0.737 e. The Morgan fingerprint density at radius 2 is 2.00 bits per heavy atom. The van der Waals surface area contributed by atoms with E-state index < -0.39 is 6.97 Å². The molecule has 31 heavy (non-hydrogen) atoms. The zero-order valence-electron chi connectivity index (χ0n) is 18.5. The van der Waals surface area contributed by atoms with Crippen LogP contribution < -0.4 is 4.90 Å². The number of fused-ring (bicyclic) bond motifs is 2. The minimum Gasteiger partial charge on any atom is -0.396 e. The van der Waals surface area contributed by atoms with Gasteiger partial charge in [0.05, 0.1) is 0 Å². The normalized spacial score (nSPS) is 17.5. The highest BCUT2D eigenvalue weighted by Gasteiger charge is 2.55. The average molecular weight is 444 g/mol. The van der Waals surface area contributed by atoms with Gasteiger partial charge in [0.25, 0.3) is 0 Å². The Morgan fingerprint density at radius 3 is 2.65 bits per heavy atom. The van der Waals surface area contributed by atoms with Gasteiger partial charge in [-0.1, -0.05) is 11.3 Å². The first kappa shape index (κ1) is 21.7. The first-order chi connectivity index (χ1) is 14.7. The Morgan fingerprint density at radius 1 is 1.26 bits per heavy atom. The third kappa shape index (κ3) is 3.49. The Bertz CT molecular complexity index is 1170. The van der Waals surface area contributed by atoms with Gasteiger partial charge >= 0.3 is 6.97 Å². The molecule has 164 valence electrons. The van der Waals surface area contributed by atoms with Gasteiger partial charge in [0.2, 0.25) is 0 Å². The summed E-state index contributed by atoms with van der Waals surface area (Å²) in [7, 11) is 3.84. The molecule has 0 aliphatic carbocycles. The van der Waals surface area contributed by atoms with Crippen LogP contribution in [0.5, 0.6) is 0 Å². The molecule has 0 fully saturated rings. The van der Waals surface area contributed by atoms with Crippen LogP contribution in [0.25, 0.3) is 11.6 Å². The summed E-state index contributed by atoms with van der Waals surface area (Å²) < 4.78 is 34.3. The first-order valence-corrected chi connectivity index (χ1v) is 11.2. The number of aliphatic hydroxyl groups excluding tert-OH is 1. The van der Waals surface area contributed by atoms with Crippen LogP contribution in [0, 0.1) is 13.8 Å². The molecular weight excluding hydrogens is 417 g/mol. The summed E-state index contributed by atoms with van der Waals surface area (Å²) in [5, 5.41) is 10.3. The van der Waals surface area contributed by atoms with E-state index in [1.54, 1.807) is 19.2 Å². The first-order valence-electron chi connectivity index (χ1n) is 10.4. The molecule has 2 aliphatic rings. The molecule has 4 heterocycles. The molecular formula is C22H27BF2N4OS. The van der Waals surface area contributed by atoms with Gasteiger partial charge in [0.15, 0.2) is 16.5 Å². The van der Waals surface area contributed by atoms with E-state index in [2.05, 4.69) is 4.98 Å². The molecule has 0 aromatic carbocycles. The fourth-order valence-electron chi connectivity index (χ4n) is 4.58. The predicted molar refractivity (Wildman–Crippen MR) is 125 cm³/mol. The van der Waals surface area contributed by atoms with Gasteiger partial charge in [-0.15, -0.1) is 0 Å². The van der Waals surface area contributed by atoms with Crippen molar-refractivity contribution in [2.75, 3.05) is 25.6 Å². The molecule has 4 rings (SSSR count). The lowest BCUT2D eigenvalue weighted by Gasteiger charge is -2.34. The number of anilines is 1. The molecule has 2 aromatic heterocycles. The van der Waals surface area contributed by atoms with E-state index in [0.717, 1.165) is 26.7 Å². The summed E-state index contributed by atoms with van der Waals surface area (Å²) in [4.78, 5) is 7.17. The summed E-state index contributed by atoms with van der Waals surface area (Å²) in [5.74, 6) is 0. The van der Waals surface area contributed by atoms with Crippen LogP contribution in [0.4, 0.5) is 13.8 Å². The second kappa shape index (κ2) is 7.87. The second-order valence-corrected chi connectivity index (χ2v) is 9.37. The molecule has 0 unspecified atom stereocenters. The molecule has 5 nitrogen and oxygen atoms in total. The van der Waals surface area contributed by atoms with Crippen molar-refractivity contribution in [3.05, 3.63) is 57.5 Å². The fraction of sp³-hybridized carbons (Fsp3) is 0.364. The number of thiazole rings is 1. The van der Waals surface area contributed by atoms with E-state index in [0.29, 0.717) is 35.6 Å². The molecule has 0 bridgehead atoms. The van der Waals surface area contributed by atoms with Gasteiger partial charge < -0.3 is 27.6 Å². The number of hydrogen-bond donors (Lipinski definition) is 1. The number of hydrogen-bond acceptors (Lipinski definition) is 4. The van der Waals surface area contributed by atoms with Crippen molar-refractivity contribution in [3.8, 4) is 0 Å². The predicted octanol–water partition coefficient (Wildman–Crippen LogP) is 4.47. The number of aromatic nitrogens is 2. The molecule has 0 saturated heterocycles. The SMILES string of the molecule is CC1=CC(/C=C/c2cnc(N(C)C)s2)=[N+]2C1=C(CCCO)c1c(C)cc(C)n1[B-]2(F)F. The van der Waals surface area contributed by atoms with E-state index >= 15 is 8.63 Å². The van der Waals surface area contributed by atoms with Crippen LogP contribution in [0.3, 0.4) is 0 Å². The second-order valence-electron chi connectivity index (χ2n) is 8.33. The van der Waals surface area contributed by atoms with Crippen molar-refractivity contribution < 1.29 is 18.2 Å². The topological polar surface area (TPSA) is 44.3 Å². The van der Waals surface area contributed by atoms with E-state index in [-0.39, 0.29) is 6.61 Å². The monoisotopic (exact) mass is 444 g/mol. The average Bonchev–Trinajstić information content (AvgIpc) is 3.37. The van der Waals surface area contributed by atoms with Crippen molar-refractivity contribution in [1.29, 1.82) is 0 Å². The standard InChI is InChI=1S/C22H27BF2N4OS/c1-14-11-16(3)28-20(14)19(7-6-10-30)21-15(2)12-17(29(21)23(28,24)25)8-9-18-13-26-22(31-18)27(4)5/h8-9,11-13,30H,6-7,10H2,1-5H3/b9-8+. The Hall–Kier alpha value is -2.52. The summed E-state index contributed by atoms with van der Waals surface area (Å²) in [5.41, 5.74) is 4.72. The van der Waals surface area contributed by atoms with Crippen molar-refractivity contribution in [2.45, 2.75) is 33.6 Å². The van der Waals surface area contributed by atoms with Crippen LogP contribution in [0.2, 0.25) is 0 Å². The molecule has 0 radical (unpaired) electrons. The number of aliphatic hydroxyl groups is 1. The van der Waals surface area contributed by atoms with Crippen LogP contribution >= 0.6 is 11.3 Å². The van der Waals surface area contributed by atoms with Crippen LogP contribution in [0.15, 0.2) is 35.7 Å². The minimum absolute atomic E-state index is 0.0237. The third-order valence-corrected chi connectivity index (χ3v) is 6.90. The summed E-state index contributed by atoms with van der Waals surface area (Å²) in [6.45, 7) is 1.47. The highest BCUT2D eigenvalue weighted by Crippen LogP contribution is 2.43. The maximum Gasteiger partial charge on any atom is 0.737 e. The maximum atomic E-state index is 15.9. The smallest absolute Gasteiger partial charge is 0.396 e. The molecule has 9 heteroatoms. The number of rotatable bonds is 6. The molecule has 0 spiro atoms. The third-order valence-electron chi connectivity index (χ3n) is 5.77. The molecule has 1 N–H and O–H groups in total. The van der Waals surface area contributed by atoms with Gasteiger partial charge in [-0.05, 0) is 57.0 Å². The molecule has 0 saturated carbocycles. The zero-order valence-corrected chi connectivity index (χ0v) is 19.3. The highest BCUT2D eigenvalue weighted by atomic mass is 32.1. The van der Waals surface area contributed by atoms with Crippen LogP contribution in [0.1, 0.15) is 41.6 Å². The highest BCUT2D eigenvalue weighted by molar-refractivity contribution is 7.16. The van der Waals surface area contributed by atoms with Crippen molar-refractivity contribution in [1.82, 2.24) is 9.46 Å². The Balaban J connectivity index is 1.88. The number of halogens is 2. The van der Waals surface area contributed by atoms with Gasteiger partial charge in [0, 0.05) is 60.8 Å². The lowest BCUT2D eigenvalue weighted by atomic mass is 9.85. The van der Waals surface area contributed by atoms with E-state index in [9.17, 15) is 5.11 Å². The van der Waals surface area contributed by atoms with E-state index in [1.807, 2.05) is 51.1 Å². The van der Waals surface area contributed by atoms with Gasteiger partial charge in [-0.3, -0.25) is 0 Å². The van der Waals surface area contributed by atoms with Gasteiger partial charge in [-0.25, -0.2) is 4.98 Å². The quantitative estimate of drug-likeness (QED) is 0.669. The van der Waals surface area contributed by atoms with Crippen LogP contribution in [-0.2, 0) is 0 Å². The summed E-state index contributed by atoms with van der Waals surface area (Å²) >= 11 is 1.51. The number of aryl methyl sites for hydroxylation is 2. The number of nitrogens with zero attached hydrogens (tertiary/aromatic N) is 4. The lowest BCUT2D eigenvalue weighted by molar-refractivity contribution is -0.362. The van der Waals surface area contributed by atoms with Gasteiger partial charge in [0.1, 0.15) is 0 Å². The minimum atomic E-state index is -4.04. The lowest BCUT2D eigenvalue weighted by Crippen LogP contribution is -2.51. The molecule has 2 aliphatic heterocycles. The molecule has 0 amide bonds. The molecule has 0 atom stereocenters. The van der Waals surface area contributed by atoms with Crippen LogP contribution in [-0.4, -0.2) is 52.4 Å². The Kier molecular flexibility index (Phi) is 5.51. The van der Waals surface area contributed by atoms with Crippen molar-refractivity contribution in [3.63, 3.8) is 0 Å². The summed E-state index contributed by atoms with van der Waals surface area (Å²) in [6, 6.07) is 1.82. The van der Waals surface area contributed by atoms with E-state index in [1.165, 1.54) is 20.3 Å². The van der Waals surface area contributed by atoms with Crippen molar-refractivity contribution in [2.24, 2.45) is 0 Å². The van der Waals surface area contributed by atoms with E-state index in [4.69, 9.17) is 0 Å². The Labute approximate surface area is 185 Å².